The van der Waals surface area contributed by atoms with Crippen molar-refractivity contribution in [2.75, 3.05) is 12.9 Å². The van der Waals surface area contributed by atoms with Gasteiger partial charge in [0.05, 0.1) is 12.9 Å². The number of carbonyl (C=O) groups is 2. The van der Waals surface area contributed by atoms with Gasteiger partial charge in [-0.2, -0.15) is 0 Å². The van der Waals surface area contributed by atoms with E-state index in [1.54, 1.807) is 0 Å². The molecule has 1 aromatic rings. The number of Topliss-reactive ketones (excluding diaryl/α,β-unsaturated/α-hetero) is 1. The van der Waals surface area contributed by atoms with Crippen molar-refractivity contribution in [1.29, 1.82) is 0 Å². The lowest BCUT2D eigenvalue weighted by molar-refractivity contribution is -0.150. The maximum absolute atomic E-state index is 12.1. The number of halogens is 1. The lowest BCUT2D eigenvalue weighted by Crippen LogP contribution is -2.31. The third-order valence-electron chi connectivity index (χ3n) is 2.65. The molecule has 0 aliphatic carbocycles. The average molecular weight is 345 g/mol. The van der Waals surface area contributed by atoms with Crippen LogP contribution >= 0.6 is 27.7 Å². The van der Waals surface area contributed by atoms with Gasteiger partial charge in [0, 0.05) is 9.37 Å². The third kappa shape index (κ3) is 4.99. The fraction of sp³-hybridized carbons (Fsp3) is 0.429. The number of ether oxygens (including phenoxy) is 1. The van der Waals surface area contributed by atoms with Gasteiger partial charge in [-0.25, -0.2) is 0 Å². The zero-order valence-corrected chi connectivity index (χ0v) is 13.6. The van der Waals surface area contributed by atoms with Gasteiger partial charge in [-0.15, -0.1) is 11.8 Å². The van der Waals surface area contributed by atoms with Gasteiger partial charge in [0.2, 0.25) is 0 Å². The van der Waals surface area contributed by atoms with Crippen LogP contribution in [0.2, 0.25) is 0 Å². The molecule has 0 saturated carbocycles. The number of rotatable bonds is 6. The van der Waals surface area contributed by atoms with E-state index in [-0.39, 0.29) is 17.5 Å². The molecule has 5 heteroatoms. The number of ketones is 1. The maximum atomic E-state index is 12.1. The van der Waals surface area contributed by atoms with Crippen molar-refractivity contribution in [2.24, 2.45) is 11.8 Å². The lowest BCUT2D eigenvalue weighted by Gasteiger charge is -2.16. The van der Waals surface area contributed by atoms with Crippen molar-refractivity contribution in [2.45, 2.75) is 18.7 Å². The van der Waals surface area contributed by atoms with Gasteiger partial charge in [-0.1, -0.05) is 35.8 Å². The van der Waals surface area contributed by atoms with E-state index in [1.165, 1.54) is 18.9 Å². The molecule has 0 saturated heterocycles. The molecule has 0 radical (unpaired) electrons. The Bertz CT molecular complexity index is 460. The number of benzene rings is 1. The maximum Gasteiger partial charge on any atom is 0.316 e. The van der Waals surface area contributed by atoms with E-state index < -0.39 is 11.9 Å². The molecule has 0 aliphatic rings. The standard InChI is InChI=1S/C14H17BrO3S/c1-9(2)13(14(17)18-3)12(16)8-19-11-6-4-5-10(15)7-11/h4-7,9,13H,8H2,1-3H3. The molecule has 0 aliphatic heterocycles. The van der Waals surface area contributed by atoms with Gasteiger partial charge in [-0.3, -0.25) is 9.59 Å². The highest BCUT2D eigenvalue weighted by atomic mass is 79.9. The number of thioether (sulfide) groups is 1. The summed E-state index contributed by atoms with van der Waals surface area (Å²) in [7, 11) is 1.31. The Morgan fingerprint density at radius 3 is 2.58 bits per heavy atom. The van der Waals surface area contributed by atoms with E-state index in [0.717, 1.165) is 9.37 Å². The number of carbonyl (C=O) groups excluding carboxylic acids is 2. The third-order valence-corrected chi connectivity index (χ3v) is 4.16. The fourth-order valence-corrected chi connectivity index (χ4v) is 3.13. The molecule has 0 heterocycles. The molecular formula is C14H17BrO3S. The van der Waals surface area contributed by atoms with Crippen LogP contribution in [0, 0.1) is 11.8 Å². The van der Waals surface area contributed by atoms with Gasteiger partial charge in [0.15, 0.2) is 5.78 Å². The predicted molar refractivity (Wildman–Crippen MR) is 80.2 cm³/mol. The highest BCUT2D eigenvalue weighted by molar-refractivity contribution is 9.10. The quantitative estimate of drug-likeness (QED) is 0.449. The number of esters is 1. The van der Waals surface area contributed by atoms with Crippen molar-refractivity contribution in [3.05, 3.63) is 28.7 Å². The summed E-state index contributed by atoms with van der Waals surface area (Å²) in [5.74, 6) is -0.997. The summed E-state index contributed by atoms with van der Waals surface area (Å²) in [6.07, 6.45) is 0. The Morgan fingerprint density at radius 1 is 1.37 bits per heavy atom. The Balaban J connectivity index is 2.65. The molecule has 3 nitrogen and oxygen atoms in total. The largest absolute Gasteiger partial charge is 0.468 e. The van der Waals surface area contributed by atoms with Crippen LogP contribution in [0.4, 0.5) is 0 Å². The van der Waals surface area contributed by atoms with Gasteiger partial charge in [0.25, 0.3) is 0 Å². The second kappa shape index (κ2) is 7.70. The number of hydrogen-bond acceptors (Lipinski definition) is 4. The Labute approximate surface area is 126 Å². The second-order valence-corrected chi connectivity index (χ2v) is 6.42. The molecule has 0 fully saturated rings. The average Bonchev–Trinajstić information content (AvgIpc) is 2.36. The summed E-state index contributed by atoms with van der Waals surface area (Å²) in [6, 6.07) is 7.72. The highest BCUT2D eigenvalue weighted by Gasteiger charge is 2.30. The normalized spacial score (nSPS) is 12.3. The Morgan fingerprint density at radius 2 is 2.05 bits per heavy atom. The summed E-state index contributed by atoms with van der Waals surface area (Å²) < 4.78 is 5.66. The first kappa shape index (κ1) is 16.2. The van der Waals surface area contributed by atoms with Gasteiger partial charge >= 0.3 is 5.97 Å². The molecule has 1 unspecified atom stereocenters. The summed E-state index contributed by atoms with van der Waals surface area (Å²) in [5.41, 5.74) is 0. The number of methoxy groups -OCH3 is 1. The zero-order chi connectivity index (χ0) is 14.4. The second-order valence-electron chi connectivity index (χ2n) is 4.46. The first-order valence-electron chi connectivity index (χ1n) is 5.94. The summed E-state index contributed by atoms with van der Waals surface area (Å²) in [6.45, 7) is 3.70. The molecule has 1 rings (SSSR count). The molecule has 19 heavy (non-hydrogen) atoms. The first-order valence-corrected chi connectivity index (χ1v) is 7.72. The van der Waals surface area contributed by atoms with Gasteiger partial charge in [0.1, 0.15) is 5.92 Å². The van der Waals surface area contributed by atoms with E-state index >= 15 is 0 Å². The fourth-order valence-electron chi connectivity index (χ4n) is 1.70. The molecule has 1 atom stereocenters. The van der Waals surface area contributed by atoms with Crippen molar-refractivity contribution < 1.29 is 14.3 Å². The molecule has 1 aromatic carbocycles. The minimum Gasteiger partial charge on any atom is -0.468 e. The smallest absolute Gasteiger partial charge is 0.316 e. The topological polar surface area (TPSA) is 43.4 Å². The van der Waals surface area contributed by atoms with Crippen LogP contribution in [0.5, 0.6) is 0 Å². The van der Waals surface area contributed by atoms with Crippen LogP contribution in [0.3, 0.4) is 0 Å². The van der Waals surface area contributed by atoms with Crippen LogP contribution < -0.4 is 0 Å². The van der Waals surface area contributed by atoms with E-state index in [1.807, 2.05) is 38.1 Å². The molecule has 0 spiro atoms. The SMILES string of the molecule is COC(=O)C(C(=O)CSc1cccc(Br)c1)C(C)C. The molecular weight excluding hydrogens is 328 g/mol. The summed E-state index contributed by atoms with van der Waals surface area (Å²) in [5, 5.41) is 0. The van der Waals surface area contributed by atoms with Crippen molar-refractivity contribution >= 4 is 39.4 Å². The zero-order valence-electron chi connectivity index (χ0n) is 11.2. The van der Waals surface area contributed by atoms with E-state index in [0.29, 0.717) is 0 Å². The van der Waals surface area contributed by atoms with Gasteiger partial charge < -0.3 is 4.74 Å². The highest BCUT2D eigenvalue weighted by Crippen LogP contribution is 2.24. The summed E-state index contributed by atoms with van der Waals surface area (Å²) >= 11 is 4.81. The van der Waals surface area contributed by atoms with Crippen LogP contribution in [-0.2, 0) is 14.3 Å². The van der Waals surface area contributed by atoms with Crippen LogP contribution in [0.25, 0.3) is 0 Å². The number of hydrogen-bond donors (Lipinski definition) is 0. The molecule has 0 N–H and O–H groups in total. The first-order chi connectivity index (χ1) is 8.95. The van der Waals surface area contributed by atoms with Gasteiger partial charge in [-0.05, 0) is 24.1 Å². The molecule has 104 valence electrons. The minimum absolute atomic E-state index is 0.0527. The van der Waals surface area contributed by atoms with Crippen molar-refractivity contribution in [1.82, 2.24) is 0 Å². The lowest BCUT2D eigenvalue weighted by atomic mass is 9.92. The Kier molecular flexibility index (Phi) is 6.58. The minimum atomic E-state index is -0.676. The molecule has 0 amide bonds. The van der Waals surface area contributed by atoms with Crippen molar-refractivity contribution in [3.8, 4) is 0 Å². The monoisotopic (exact) mass is 344 g/mol. The van der Waals surface area contributed by atoms with E-state index in [4.69, 9.17) is 0 Å². The van der Waals surface area contributed by atoms with Crippen LogP contribution in [0.15, 0.2) is 33.6 Å². The predicted octanol–water partition coefficient (Wildman–Crippen LogP) is 3.56. The van der Waals surface area contributed by atoms with Crippen LogP contribution in [0.1, 0.15) is 13.8 Å². The van der Waals surface area contributed by atoms with Crippen molar-refractivity contribution in [3.63, 3.8) is 0 Å². The van der Waals surface area contributed by atoms with Crippen LogP contribution in [-0.4, -0.2) is 24.6 Å². The summed E-state index contributed by atoms with van der Waals surface area (Å²) in [4.78, 5) is 24.7. The molecule has 0 bridgehead atoms. The van der Waals surface area contributed by atoms with E-state index in [2.05, 4.69) is 20.7 Å². The Hall–Kier alpha value is -0.810. The van der Waals surface area contributed by atoms with E-state index in [9.17, 15) is 9.59 Å². The molecule has 0 aromatic heterocycles.